The Hall–Kier alpha value is -0.830. The van der Waals surface area contributed by atoms with Crippen LogP contribution in [0.2, 0.25) is 0 Å². The molecule has 3 heteroatoms. The minimum absolute atomic E-state index is 0.451. The van der Waals surface area contributed by atoms with E-state index in [2.05, 4.69) is 11.8 Å². The van der Waals surface area contributed by atoms with Crippen LogP contribution in [-0.2, 0) is 4.79 Å². The maximum absolute atomic E-state index is 10.6. The number of carbonyl (C=O) groups is 1. The Balaban J connectivity index is 2.44. The van der Waals surface area contributed by atoms with Crippen molar-refractivity contribution in [2.24, 2.45) is 0 Å². The molecule has 3 nitrogen and oxygen atoms in total. The number of rotatable bonds is 4. The molecule has 0 spiro atoms. The van der Waals surface area contributed by atoms with E-state index < -0.39 is 5.97 Å². The molecule has 1 aliphatic heterocycles. The fourth-order valence-electron chi connectivity index (χ4n) is 1.94. The van der Waals surface area contributed by atoms with E-state index in [9.17, 15) is 4.79 Å². The van der Waals surface area contributed by atoms with Crippen molar-refractivity contribution < 1.29 is 9.90 Å². The first-order valence-electron chi connectivity index (χ1n) is 5.29. The largest absolute Gasteiger partial charge is 0.478 e. The van der Waals surface area contributed by atoms with Gasteiger partial charge < -0.3 is 5.11 Å². The molecule has 0 radical (unpaired) electrons. The summed E-state index contributed by atoms with van der Waals surface area (Å²) < 4.78 is 0. The van der Waals surface area contributed by atoms with Crippen LogP contribution in [0.25, 0.3) is 0 Å². The minimum Gasteiger partial charge on any atom is -0.478 e. The zero-order valence-electron chi connectivity index (χ0n) is 8.99. The number of aliphatic carboxylic acids is 1. The smallest absolute Gasteiger partial charge is 0.330 e. The monoisotopic (exact) mass is 197 g/mol. The van der Waals surface area contributed by atoms with E-state index in [1.807, 2.05) is 6.08 Å². The number of carboxylic acids is 1. The van der Waals surface area contributed by atoms with E-state index in [-0.39, 0.29) is 0 Å². The fraction of sp³-hybridized carbons (Fsp3) is 0.727. The second-order valence-electron chi connectivity index (χ2n) is 3.89. The van der Waals surface area contributed by atoms with Gasteiger partial charge in [-0.15, -0.1) is 0 Å². The van der Waals surface area contributed by atoms with Crippen molar-refractivity contribution >= 4 is 5.97 Å². The molecule has 1 N–H and O–H groups in total. The molecule has 0 bridgehead atoms. The molecule has 1 heterocycles. The van der Waals surface area contributed by atoms with E-state index in [1.54, 1.807) is 6.92 Å². The number of hydrogen-bond donors (Lipinski definition) is 1. The van der Waals surface area contributed by atoms with Gasteiger partial charge in [0.2, 0.25) is 0 Å². The highest BCUT2D eigenvalue weighted by atomic mass is 16.4. The summed E-state index contributed by atoms with van der Waals surface area (Å²) in [4.78, 5) is 12.9. The van der Waals surface area contributed by atoms with Crippen molar-refractivity contribution in [3.8, 4) is 0 Å². The summed E-state index contributed by atoms with van der Waals surface area (Å²) in [5.74, 6) is -0.808. The van der Waals surface area contributed by atoms with Gasteiger partial charge in [-0.1, -0.05) is 13.0 Å². The summed E-state index contributed by atoms with van der Waals surface area (Å²) in [7, 11) is 0. The van der Waals surface area contributed by atoms with Crippen molar-refractivity contribution in [2.75, 3.05) is 13.1 Å². The number of likely N-dealkylation sites (tertiary alicyclic amines) is 1. The summed E-state index contributed by atoms with van der Waals surface area (Å²) in [5.41, 5.74) is 0.451. The molecular formula is C11H19NO2. The van der Waals surface area contributed by atoms with E-state index >= 15 is 0 Å². The van der Waals surface area contributed by atoms with Crippen molar-refractivity contribution in [2.45, 2.75) is 39.2 Å². The van der Waals surface area contributed by atoms with Gasteiger partial charge in [-0.2, -0.15) is 0 Å². The molecule has 1 atom stereocenters. The minimum atomic E-state index is -0.808. The van der Waals surface area contributed by atoms with Crippen molar-refractivity contribution in [1.82, 2.24) is 4.90 Å². The normalized spacial score (nSPS) is 24.1. The first kappa shape index (κ1) is 11.2. The van der Waals surface area contributed by atoms with E-state index in [1.165, 1.54) is 19.3 Å². The lowest BCUT2D eigenvalue weighted by atomic mass is 10.1. The molecule has 80 valence electrons. The van der Waals surface area contributed by atoms with E-state index in [0.717, 1.165) is 13.1 Å². The van der Waals surface area contributed by atoms with Gasteiger partial charge in [-0.25, -0.2) is 4.79 Å². The molecule has 0 saturated carbocycles. The fourth-order valence-corrected chi connectivity index (χ4v) is 1.94. The lowest BCUT2D eigenvalue weighted by molar-refractivity contribution is -0.132. The topological polar surface area (TPSA) is 40.5 Å². The summed E-state index contributed by atoms with van der Waals surface area (Å²) in [6.07, 6.45) is 5.49. The molecule has 0 amide bonds. The highest BCUT2D eigenvalue weighted by Crippen LogP contribution is 2.19. The first-order valence-corrected chi connectivity index (χ1v) is 5.29. The molecule has 1 fully saturated rings. The maximum atomic E-state index is 10.6. The van der Waals surface area contributed by atoms with Gasteiger partial charge in [-0.3, -0.25) is 4.90 Å². The van der Waals surface area contributed by atoms with E-state index in [4.69, 9.17) is 5.11 Å². The van der Waals surface area contributed by atoms with Crippen LogP contribution in [0.3, 0.4) is 0 Å². The molecule has 1 saturated heterocycles. The van der Waals surface area contributed by atoms with Crippen molar-refractivity contribution in [3.05, 3.63) is 11.6 Å². The Morgan fingerprint density at radius 2 is 2.36 bits per heavy atom. The van der Waals surface area contributed by atoms with Crippen LogP contribution in [0.15, 0.2) is 11.6 Å². The second kappa shape index (κ2) is 5.15. The summed E-state index contributed by atoms with van der Waals surface area (Å²) >= 11 is 0. The average Bonchev–Trinajstić information content (AvgIpc) is 2.60. The third kappa shape index (κ3) is 2.84. The molecular weight excluding hydrogens is 178 g/mol. The molecule has 0 aromatic carbocycles. The lowest BCUT2D eigenvalue weighted by Crippen LogP contribution is -2.29. The van der Waals surface area contributed by atoms with Gasteiger partial charge in [0.15, 0.2) is 0 Å². The van der Waals surface area contributed by atoms with Gasteiger partial charge in [0.05, 0.1) is 0 Å². The number of carboxylic acid groups (broad SMARTS) is 1. The van der Waals surface area contributed by atoms with Crippen LogP contribution in [0.5, 0.6) is 0 Å². The predicted molar refractivity (Wildman–Crippen MR) is 56.3 cm³/mol. The molecule has 1 aliphatic rings. The first-order chi connectivity index (χ1) is 6.65. The Labute approximate surface area is 85.4 Å². The standard InChI is InChI=1S/C11H19NO2/c1-3-10-5-4-7-12(10)8-6-9(2)11(13)14/h6,10H,3-5,7-8H2,1-2H3,(H,13,14). The van der Waals surface area contributed by atoms with Gasteiger partial charge in [0, 0.05) is 18.2 Å². The number of hydrogen-bond acceptors (Lipinski definition) is 2. The summed E-state index contributed by atoms with van der Waals surface area (Å²) in [6.45, 7) is 5.74. The maximum Gasteiger partial charge on any atom is 0.330 e. The average molecular weight is 197 g/mol. The van der Waals surface area contributed by atoms with Crippen molar-refractivity contribution in [1.29, 1.82) is 0 Å². The van der Waals surface area contributed by atoms with Crippen LogP contribution in [0.1, 0.15) is 33.1 Å². The highest BCUT2D eigenvalue weighted by molar-refractivity contribution is 5.85. The summed E-state index contributed by atoms with van der Waals surface area (Å²) in [5, 5.41) is 8.69. The van der Waals surface area contributed by atoms with Crippen LogP contribution in [0.4, 0.5) is 0 Å². The van der Waals surface area contributed by atoms with Crippen molar-refractivity contribution in [3.63, 3.8) is 0 Å². The third-order valence-electron chi connectivity index (χ3n) is 2.94. The highest BCUT2D eigenvalue weighted by Gasteiger charge is 2.21. The van der Waals surface area contributed by atoms with Crippen LogP contribution in [-0.4, -0.2) is 35.1 Å². The lowest BCUT2D eigenvalue weighted by Gasteiger charge is -2.21. The zero-order valence-corrected chi connectivity index (χ0v) is 8.99. The second-order valence-corrected chi connectivity index (χ2v) is 3.89. The quantitative estimate of drug-likeness (QED) is 0.700. The zero-order chi connectivity index (χ0) is 10.6. The van der Waals surface area contributed by atoms with Gasteiger partial charge in [-0.05, 0) is 32.7 Å². The SMILES string of the molecule is CCC1CCCN1CC=C(C)C(=O)O. The van der Waals surface area contributed by atoms with Gasteiger partial charge >= 0.3 is 5.97 Å². The van der Waals surface area contributed by atoms with Crippen LogP contribution < -0.4 is 0 Å². The molecule has 1 unspecified atom stereocenters. The Kier molecular flexibility index (Phi) is 4.14. The number of nitrogens with zero attached hydrogens (tertiary/aromatic N) is 1. The van der Waals surface area contributed by atoms with Gasteiger partial charge in [0.1, 0.15) is 0 Å². The predicted octanol–water partition coefficient (Wildman–Crippen LogP) is 1.89. The van der Waals surface area contributed by atoms with Crippen LogP contribution >= 0.6 is 0 Å². The Morgan fingerprint density at radius 1 is 1.64 bits per heavy atom. The molecule has 0 aliphatic carbocycles. The Bertz CT molecular complexity index is 235. The molecule has 0 aromatic heterocycles. The molecule has 0 aromatic rings. The summed E-state index contributed by atoms with van der Waals surface area (Å²) in [6, 6.07) is 0.660. The Morgan fingerprint density at radius 3 is 2.93 bits per heavy atom. The molecule has 1 rings (SSSR count). The molecule has 14 heavy (non-hydrogen) atoms. The van der Waals surface area contributed by atoms with Gasteiger partial charge in [0.25, 0.3) is 0 Å². The van der Waals surface area contributed by atoms with Crippen LogP contribution in [0, 0.1) is 0 Å². The third-order valence-corrected chi connectivity index (χ3v) is 2.94. The van der Waals surface area contributed by atoms with E-state index in [0.29, 0.717) is 11.6 Å².